The molecule has 92 valence electrons. The van der Waals surface area contributed by atoms with Crippen molar-refractivity contribution in [2.45, 2.75) is 10.8 Å². The molecule has 18 heavy (non-hydrogen) atoms. The molecular formula is C13H11NO3S. The fourth-order valence-corrected chi connectivity index (χ4v) is 2.26. The topological polar surface area (TPSA) is 70.4 Å². The molecule has 0 amide bonds. The van der Waals surface area contributed by atoms with Gasteiger partial charge in [-0.3, -0.25) is 0 Å². The van der Waals surface area contributed by atoms with Gasteiger partial charge in [0.2, 0.25) is 0 Å². The second-order valence-corrected chi connectivity index (χ2v) is 4.64. The van der Waals surface area contributed by atoms with Crippen LogP contribution in [0.5, 0.6) is 5.75 Å². The van der Waals surface area contributed by atoms with Gasteiger partial charge in [0.15, 0.2) is 0 Å². The molecule has 0 saturated carbocycles. The second-order valence-electron chi connectivity index (χ2n) is 3.65. The van der Waals surface area contributed by atoms with E-state index in [1.807, 2.05) is 6.07 Å². The van der Waals surface area contributed by atoms with Crippen molar-refractivity contribution in [3.63, 3.8) is 0 Å². The number of aromatic carboxylic acids is 1. The van der Waals surface area contributed by atoms with Crippen LogP contribution >= 0.6 is 11.8 Å². The van der Waals surface area contributed by atoms with E-state index in [0.717, 1.165) is 5.56 Å². The maximum absolute atomic E-state index is 10.8. The highest BCUT2D eigenvalue weighted by molar-refractivity contribution is 7.98. The molecule has 1 aromatic heterocycles. The number of phenolic OH excluding ortho intramolecular Hbond substituents is 1. The van der Waals surface area contributed by atoms with E-state index in [9.17, 15) is 9.90 Å². The summed E-state index contributed by atoms with van der Waals surface area (Å²) in [4.78, 5) is 14.9. The van der Waals surface area contributed by atoms with E-state index in [2.05, 4.69) is 4.98 Å². The van der Waals surface area contributed by atoms with E-state index < -0.39 is 5.97 Å². The van der Waals surface area contributed by atoms with E-state index in [-0.39, 0.29) is 11.3 Å². The standard InChI is InChI=1S/C13H11NO3S/c15-11-3-1-2-9(6-11)8-18-12-7-10(13(16)17)4-5-14-12/h1-7,15H,8H2,(H,16,17). The summed E-state index contributed by atoms with van der Waals surface area (Å²) in [5, 5.41) is 18.8. The molecule has 5 heteroatoms. The summed E-state index contributed by atoms with van der Waals surface area (Å²) in [5.74, 6) is -0.109. The minimum atomic E-state index is -0.961. The first-order valence-electron chi connectivity index (χ1n) is 5.25. The number of hydrogen-bond acceptors (Lipinski definition) is 4. The van der Waals surface area contributed by atoms with E-state index >= 15 is 0 Å². The number of nitrogens with zero attached hydrogens (tertiary/aromatic N) is 1. The van der Waals surface area contributed by atoms with E-state index in [1.165, 1.54) is 30.1 Å². The summed E-state index contributed by atoms with van der Waals surface area (Å²) in [6.45, 7) is 0. The number of carboxylic acid groups (broad SMARTS) is 1. The third-order valence-corrected chi connectivity index (χ3v) is 3.28. The van der Waals surface area contributed by atoms with Crippen molar-refractivity contribution in [3.8, 4) is 5.75 Å². The molecule has 2 aromatic rings. The number of pyridine rings is 1. The molecule has 4 nitrogen and oxygen atoms in total. The van der Waals surface area contributed by atoms with Crippen LogP contribution in [0.1, 0.15) is 15.9 Å². The number of phenols is 1. The molecule has 0 bridgehead atoms. The number of aromatic nitrogens is 1. The molecular weight excluding hydrogens is 250 g/mol. The van der Waals surface area contributed by atoms with E-state index in [4.69, 9.17) is 5.11 Å². The number of carbonyl (C=O) groups is 1. The van der Waals surface area contributed by atoms with Gasteiger partial charge in [0, 0.05) is 11.9 Å². The number of carboxylic acids is 1. The van der Waals surface area contributed by atoms with Crippen molar-refractivity contribution >= 4 is 17.7 Å². The van der Waals surface area contributed by atoms with Crippen LogP contribution in [0, 0.1) is 0 Å². The Kier molecular flexibility index (Phi) is 3.84. The van der Waals surface area contributed by atoms with Crippen molar-refractivity contribution < 1.29 is 15.0 Å². The van der Waals surface area contributed by atoms with Crippen LogP contribution in [-0.2, 0) is 5.75 Å². The maximum atomic E-state index is 10.8. The fourth-order valence-electron chi connectivity index (χ4n) is 1.42. The Morgan fingerprint density at radius 2 is 2.11 bits per heavy atom. The SMILES string of the molecule is O=C(O)c1ccnc(SCc2cccc(O)c2)c1. The van der Waals surface area contributed by atoms with Gasteiger partial charge in [-0.25, -0.2) is 9.78 Å². The first-order chi connectivity index (χ1) is 8.65. The predicted molar refractivity (Wildman–Crippen MR) is 68.9 cm³/mol. The lowest BCUT2D eigenvalue weighted by Crippen LogP contribution is -1.96. The zero-order chi connectivity index (χ0) is 13.0. The monoisotopic (exact) mass is 261 g/mol. The Labute approximate surface area is 108 Å². The third-order valence-electron chi connectivity index (χ3n) is 2.28. The van der Waals surface area contributed by atoms with Crippen LogP contribution in [0.4, 0.5) is 0 Å². The molecule has 0 aliphatic carbocycles. The predicted octanol–water partition coefficient (Wildman–Crippen LogP) is 2.78. The Morgan fingerprint density at radius 1 is 1.28 bits per heavy atom. The van der Waals surface area contributed by atoms with Gasteiger partial charge < -0.3 is 10.2 Å². The highest BCUT2D eigenvalue weighted by Gasteiger charge is 2.05. The number of rotatable bonds is 4. The summed E-state index contributed by atoms with van der Waals surface area (Å²) in [7, 11) is 0. The zero-order valence-corrected chi connectivity index (χ0v) is 10.2. The van der Waals surface area contributed by atoms with Gasteiger partial charge in [0.25, 0.3) is 0 Å². The molecule has 2 N–H and O–H groups in total. The molecule has 0 atom stereocenters. The summed E-state index contributed by atoms with van der Waals surface area (Å²) in [5.41, 5.74) is 1.19. The Bertz CT molecular complexity index is 572. The first-order valence-corrected chi connectivity index (χ1v) is 6.24. The quantitative estimate of drug-likeness (QED) is 0.828. The van der Waals surface area contributed by atoms with Crippen LogP contribution in [0.15, 0.2) is 47.6 Å². The molecule has 0 unspecified atom stereocenters. The number of benzene rings is 1. The summed E-state index contributed by atoms with van der Waals surface area (Å²) >= 11 is 1.43. The minimum absolute atomic E-state index is 0.223. The van der Waals surface area contributed by atoms with Crippen molar-refractivity contribution in [2.75, 3.05) is 0 Å². The Morgan fingerprint density at radius 3 is 2.83 bits per heavy atom. The summed E-state index contributed by atoms with van der Waals surface area (Å²) in [6.07, 6.45) is 1.48. The largest absolute Gasteiger partial charge is 0.508 e. The summed E-state index contributed by atoms with van der Waals surface area (Å²) < 4.78 is 0. The molecule has 2 rings (SSSR count). The van der Waals surface area contributed by atoms with Gasteiger partial charge in [-0.2, -0.15) is 0 Å². The molecule has 0 aliphatic rings. The minimum Gasteiger partial charge on any atom is -0.508 e. The normalized spacial score (nSPS) is 10.2. The second kappa shape index (κ2) is 5.55. The number of aromatic hydroxyl groups is 1. The Balaban J connectivity index is 2.06. The van der Waals surface area contributed by atoms with Crippen LogP contribution in [0.3, 0.4) is 0 Å². The lowest BCUT2D eigenvalue weighted by Gasteiger charge is -2.03. The van der Waals surface area contributed by atoms with Gasteiger partial charge in [0.1, 0.15) is 5.75 Å². The van der Waals surface area contributed by atoms with Crippen LogP contribution < -0.4 is 0 Å². The van der Waals surface area contributed by atoms with Crippen molar-refractivity contribution in [1.82, 2.24) is 4.98 Å². The van der Waals surface area contributed by atoms with Gasteiger partial charge in [0.05, 0.1) is 10.6 Å². The van der Waals surface area contributed by atoms with Crippen molar-refractivity contribution in [3.05, 3.63) is 53.7 Å². The van der Waals surface area contributed by atoms with Gasteiger partial charge in [-0.15, -0.1) is 11.8 Å². The van der Waals surface area contributed by atoms with Crippen LogP contribution in [0.25, 0.3) is 0 Å². The van der Waals surface area contributed by atoms with Crippen molar-refractivity contribution in [2.24, 2.45) is 0 Å². The molecule has 0 saturated heterocycles. The highest BCUT2D eigenvalue weighted by atomic mass is 32.2. The number of thioether (sulfide) groups is 1. The number of hydrogen-bond donors (Lipinski definition) is 2. The van der Waals surface area contributed by atoms with Gasteiger partial charge >= 0.3 is 5.97 Å². The molecule has 0 aliphatic heterocycles. The zero-order valence-electron chi connectivity index (χ0n) is 9.41. The van der Waals surface area contributed by atoms with E-state index in [0.29, 0.717) is 10.8 Å². The average molecular weight is 261 g/mol. The third kappa shape index (κ3) is 3.24. The van der Waals surface area contributed by atoms with Crippen LogP contribution in [0.2, 0.25) is 0 Å². The maximum Gasteiger partial charge on any atom is 0.335 e. The van der Waals surface area contributed by atoms with Crippen molar-refractivity contribution in [1.29, 1.82) is 0 Å². The van der Waals surface area contributed by atoms with Gasteiger partial charge in [-0.05, 0) is 29.8 Å². The smallest absolute Gasteiger partial charge is 0.335 e. The molecule has 0 radical (unpaired) electrons. The lowest BCUT2D eigenvalue weighted by molar-refractivity contribution is 0.0696. The highest BCUT2D eigenvalue weighted by Crippen LogP contribution is 2.23. The molecule has 0 spiro atoms. The Hall–Kier alpha value is -2.01. The molecule has 1 heterocycles. The molecule has 1 aromatic carbocycles. The average Bonchev–Trinajstić information content (AvgIpc) is 2.37. The molecule has 0 fully saturated rings. The van der Waals surface area contributed by atoms with Crippen LogP contribution in [-0.4, -0.2) is 21.2 Å². The lowest BCUT2D eigenvalue weighted by atomic mass is 10.2. The first kappa shape index (κ1) is 12.4. The summed E-state index contributed by atoms with van der Waals surface area (Å²) in [6, 6.07) is 9.95. The van der Waals surface area contributed by atoms with Gasteiger partial charge in [-0.1, -0.05) is 12.1 Å². The van der Waals surface area contributed by atoms with E-state index in [1.54, 1.807) is 18.2 Å². The fraction of sp³-hybridized carbons (Fsp3) is 0.0769.